The Morgan fingerprint density at radius 1 is 0.364 bits per heavy atom. The number of anilines is 3. The van der Waals surface area contributed by atoms with Gasteiger partial charge in [-0.05, 0) is 111 Å². The average Bonchev–Trinajstić information content (AvgIpc) is 3.86. The number of fused-ring (bicyclic) bond motifs is 11. The third-order valence-corrected chi connectivity index (χ3v) is 13.6. The van der Waals surface area contributed by atoms with Crippen LogP contribution in [0.4, 0.5) is 17.1 Å². The lowest BCUT2D eigenvalue weighted by Crippen LogP contribution is -2.15. The van der Waals surface area contributed by atoms with Gasteiger partial charge in [0.1, 0.15) is 0 Å². The molecule has 0 bridgehead atoms. The minimum Gasteiger partial charge on any atom is -0.309 e. The molecule has 0 fully saturated rings. The number of para-hydroxylation sites is 2. The Balaban J connectivity index is 1.09. The van der Waals surface area contributed by atoms with Crippen molar-refractivity contribution in [3.63, 3.8) is 0 Å². The normalized spacial score (nSPS) is 12.8. The number of aryl methyl sites for hydroxylation is 2. The van der Waals surface area contributed by atoms with Gasteiger partial charge >= 0.3 is 0 Å². The molecule has 0 spiro atoms. The Hall–Kier alpha value is -6.27. The predicted molar refractivity (Wildman–Crippen MR) is 236 cm³/mol. The quantitative estimate of drug-likeness (QED) is 0.179. The minimum atomic E-state index is 1.16. The lowest BCUT2D eigenvalue weighted by atomic mass is 10.1. The smallest absolute Gasteiger partial charge is 0.0603 e. The van der Waals surface area contributed by atoms with Gasteiger partial charge in [-0.25, -0.2) is 0 Å². The predicted octanol–water partition coefficient (Wildman–Crippen LogP) is 14.8. The summed E-state index contributed by atoms with van der Waals surface area (Å²) in [7, 11) is 0. The van der Waals surface area contributed by atoms with Gasteiger partial charge < -0.3 is 14.0 Å². The standard InChI is InChI=1S/C50H33N3S2/c1-30-15-20-43-38(25-30)39-26-31(2)16-21-44(39)52(43)34-18-23-46-50(29-34)55-49-28-33(51-41-12-6-3-9-35(41)36-10-4-7-13-42(36)51)17-22-45(49)53(46)32-19-24-48-40(27-32)37-11-5-8-14-47(37)54-48/h3-29H,1-2H3. The second-order valence-corrected chi connectivity index (χ2v) is 16.9. The lowest BCUT2D eigenvalue weighted by Gasteiger charge is -2.33. The maximum Gasteiger partial charge on any atom is 0.0603 e. The summed E-state index contributed by atoms with van der Waals surface area (Å²) in [6, 6.07) is 61.1. The van der Waals surface area contributed by atoms with E-state index in [1.165, 1.54) is 107 Å². The molecule has 0 radical (unpaired) electrons. The van der Waals surface area contributed by atoms with Crippen molar-refractivity contribution in [3.05, 3.63) is 175 Å². The molecular weight excluding hydrogens is 707 g/mol. The van der Waals surface area contributed by atoms with Gasteiger partial charge in [0.05, 0.1) is 33.4 Å². The topological polar surface area (TPSA) is 13.1 Å². The Morgan fingerprint density at radius 3 is 1.45 bits per heavy atom. The highest BCUT2D eigenvalue weighted by molar-refractivity contribution is 7.99. The van der Waals surface area contributed by atoms with Crippen LogP contribution in [0.25, 0.3) is 75.2 Å². The van der Waals surface area contributed by atoms with Crippen LogP contribution in [0.15, 0.2) is 174 Å². The van der Waals surface area contributed by atoms with Gasteiger partial charge in [0.2, 0.25) is 0 Å². The number of hydrogen-bond donors (Lipinski definition) is 0. The summed E-state index contributed by atoms with van der Waals surface area (Å²) in [5.41, 5.74) is 13.3. The van der Waals surface area contributed by atoms with Crippen LogP contribution in [0.2, 0.25) is 0 Å². The van der Waals surface area contributed by atoms with E-state index in [1.807, 2.05) is 23.1 Å². The van der Waals surface area contributed by atoms with Crippen molar-refractivity contribution in [2.45, 2.75) is 23.6 Å². The van der Waals surface area contributed by atoms with E-state index in [1.54, 1.807) is 0 Å². The highest BCUT2D eigenvalue weighted by Crippen LogP contribution is 2.54. The number of aromatic nitrogens is 2. The van der Waals surface area contributed by atoms with Gasteiger partial charge in [0.25, 0.3) is 0 Å². The molecule has 8 aromatic carbocycles. The maximum atomic E-state index is 2.48. The molecule has 55 heavy (non-hydrogen) atoms. The molecule has 0 atom stereocenters. The molecule has 4 heterocycles. The van der Waals surface area contributed by atoms with E-state index in [0.29, 0.717) is 0 Å². The van der Waals surface area contributed by atoms with Crippen molar-refractivity contribution in [1.82, 2.24) is 9.13 Å². The minimum absolute atomic E-state index is 1.16. The van der Waals surface area contributed by atoms with E-state index in [-0.39, 0.29) is 0 Å². The van der Waals surface area contributed by atoms with Gasteiger partial charge in [-0.1, -0.05) is 89.6 Å². The van der Waals surface area contributed by atoms with Gasteiger partial charge in [-0.3, -0.25) is 0 Å². The first-order valence-electron chi connectivity index (χ1n) is 18.8. The molecule has 0 unspecified atom stereocenters. The van der Waals surface area contributed by atoms with Gasteiger partial charge in [-0.2, -0.15) is 0 Å². The Morgan fingerprint density at radius 2 is 0.855 bits per heavy atom. The molecular formula is C50H33N3S2. The third-order valence-electron chi connectivity index (χ3n) is 11.4. The van der Waals surface area contributed by atoms with Crippen LogP contribution < -0.4 is 4.90 Å². The fraction of sp³-hybridized carbons (Fsp3) is 0.0400. The van der Waals surface area contributed by atoms with Crippen molar-refractivity contribution < 1.29 is 0 Å². The fourth-order valence-corrected chi connectivity index (χ4v) is 11.1. The summed E-state index contributed by atoms with van der Waals surface area (Å²) in [6.07, 6.45) is 0. The number of nitrogens with zero attached hydrogens (tertiary/aromatic N) is 3. The van der Waals surface area contributed by atoms with E-state index in [2.05, 4.69) is 192 Å². The van der Waals surface area contributed by atoms with E-state index >= 15 is 0 Å². The second kappa shape index (κ2) is 11.6. The number of thiophene rings is 1. The monoisotopic (exact) mass is 739 g/mol. The molecule has 0 amide bonds. The van der Waals surface area contributed by atoms with Crippen LogP contribution in [0.1, 0.15) is 11.1 Å². The largest absolute Gasteiger partial charge is 0.309 e. The summed E-state index contributed by atoms with van der Waals surface area (Å²) in [5.74, 6) is 0. The summed E-state index contributed by atoms with van der Waals surface area (Å²) >= 11 is 3.74. The molecule has 3 nitrogen and oxygen atoms in total. The van der Waals surface area contributed by atoms with Crippen LogP contribution in [-0.4, -0.2) is 9.13 Å². The average molecular weight is 740 g/mol. The zero-order valence-corrected chi connectivity index (χ0v) is 31.9. The fourth-order valence-electron chi connectivity index (χ4n) is 8.93. The first-order chi connectivity index (χ1) is 27.1. The molecule has 3 aromatic heterocycles. The molecule has 1 aliphatic heterocycles. The van der Waals surface area contributed by atoms with Crippen LogP contribution in [0.5, 0.6) is 0 Å². The van der Waals surface area contributed by atoms with E-state index in [9.17, 15) is 0 Å². The van der Waals surface area contributed by atoms with Gasteiger partial charge in [0.15, 0.2) is 0 Å². The van der Waals surface area contributed by atoms with E-state index < -0.39 is 0 Å². The Labute approximate surface area is 326 Å². The molecule has 5 heteroatoms. The number of benzene rings is 8. The molecule has 1 aliphatic rings. The van der Waals surface area contributed by atoms with Crippen molar-refractivity contribution in [3.8, 4) is 11.4 Å². The van der Waals surface area contributed by atoms with Crippen LogP contribution >= 0.6 is 23.1 Å². The van der Waals surface area contributed by atoms with Crippen molar-refractivity contribution in [2.75, 3.05) is 4.90 Å². The third kappa shape index (κ3) is 4.57. The summed E-state index contributed by atoms with van der Waals surface area (Å²) in [6.45, 7) is 4.37. The van der Waals surface area contributed by atoms with Crippen molar-refractivity contribution in [1.29, 1.82) is 0 Å². The molecule has 260 valence electrons. The van der Waals surface area contributed by atoms with Gasteiger partial charge in [-0.15, -0.1) is 11.3 Å². The van der Waals surface area contributed by atoms with Crippen LogP contribution in [-0.2, 0) is 0 Å². The molecule has 12 rings (SSSR count). The highest BCUT2D eigenvalue weighted by atomic mass is 32.2. The van der Waals surface area contributed by atoms with Crippen LogP contribution in [0, 0.1) is 13.8 Å². The van der Waals surface area contributed by atoms with Crippen molar-refractivity contribution >= 4 is 104 Å². The lowest BCUT2D eigenvalue weighted by molar-refractivity contribution is 1.11. The van der Waals surface area contributed by atoms with E-state index in [4.69, 9.17) is 0 Å². The summed E-state index contributed by atoms with van der Waals surface area (Å²) < 4.78 is 7.50. The molecule has 0 aliphatic carbocycles. The Bertz CT molecular complexity index is 3290. The SMILES string of the molecule is Cc1ccc2c(c1)c1cc(C)ccc1n2-c1ccc2c(c1)Sc1cc(-n3c4ccccc4c4ccccc43)ccc1N2c1ccc2sc3ccccc3c2c1. The zero-order chi connectivity index (χ0) is 36.4. The summed E-state index contributed by atoms with van der Waals surface area (Å²) in [4.78, 5) is 4.94. The van der Waals surface area contributed by atoms with Gasteiger partial charge in [0, 0.05) is 68.6 Å². The van der Waals surface area contributed by atoms with E-state index in [0.717, 1.165) is 5.69 Å². The highest BCUT2D eigenvalue weighted by Gasteiger charge is 2.28. The second-order valence-electron chi connectivity index (χ2n) is 14.8. The van der Waals surface area contributed by atoms with Crippen molar-refractivity contribution in [2.24, 2.45) is 0 Å². The number of hydrogen-bond acceptors (Lipinski definition) is 3. The first kappa shape index (κ1) is 31.1. The molecule has 11 aromatic rings. The Kier molecular flexibility index (Phi) is 6.57. The molecule has 0 saturated carbocycles. The molecule has 0 saturated heterocycles. The molecule has 0 N–H and O–H groups in total. The maximum absolute atomic E-state index is 2.48. The zero-order valence-electron chi connectivity index (χ0n) is 30.2. The first-order valence-corrected chi connectivity index (χ1v) is 20.4. The van der Waals surface area contributed by atoms with Crippen LogP contribution in [0.3, 0.4) is 0 Å². The number of rotatable bonds is 3. The summed E-state index contributed by atoms with van der Waals surface area (Å²) in [5, 5.41) is 7.74.